The fourth-order valence-corrected chi connectivity index (χ4v) is 2.90. The predicted octanol–water partition coefficient (Wildman–Crippen LogP) is 3.66. The van der Waals surface area contributed by atoms with Crippen LogP contribution in [0.3, 0.4) is 0 Å². The summed E-state index contributed by atoms with van der Waals surface area (Å²) in [5.74, 6) is 0.485. The van der Waals surface area contributed by atoms with E-state index in [0.29, 0.717) is 19.1 Å². The first-order valence-electron chi connectivity index (χ1n) is 5.87. The fourth-order valence-electron chi connectivity index (χ4n) is 1.49. The fraction of sp³-hybridized carbons (Fsp3) is 0.538. The van der Waals surface area contributed by atoms with Crippen molar-refractivity contribution in [3.8, 4) is 0 Å². The van der Waals surface area contributed by atoms with Crippen LogP contribution in [0.5, 0.6) is 0 Å². The summed E-state index contributed by atoms with van der Waals surface area (Å²) < 4.78 is 11.5. The van der Waals surface area contributed by atoms with Crippen LogP contribution in [0.2, 0.25) is 19.6 Å². The van der Waals surface area contributed by atoms with Crippen molar-refractivity contribution < 1.29 is 9.16 Å². The second-order valence-electron chi connectivity index (χ2n) is 5.01. The Bertz CT molecular complexity index is 311. The molecule has 0 aliphatic carbocycles. The summed E-state index contributed by atoms with van der Waals surface area (Å²) in [6, 6.07) is 10.1. The molecule has 1 atom stereocenters. The minimum atomic E-state index is -1.53. The van der Waals surface area contributed by atoms with Crippen molar-refractivity contribution in [2.45, 2.75) is 32.4 Å². The molecule has 17 heavy (non-hydrogen) atoms. The van der Waals surface area contributed by atoms with Gasteiger partial charge in [0.25, 0.3) is 0 Å². The van der Waals surface area contributed by atoms with E-state index in [1.165, 1.54) is 5.56 Å². The van der Waals surface area contributed by atoms with Gasteiger partial charge in [-0.25, -0.2) is 0 Å². The van der Waals surface area contributed by atoms with Gasteiger partial charge in [-0.05, 0) is 25.2 Å². The topological polar surface area (TPSA) is 18.5 Å². The Morgan fingerprint density at radius 1 is 1.18 bits per heavy atom. The quantitative estimate of drug-likeness (QED) is 0.557. The van der Waals surface area contributed by atoms with Gasteiger partial charge in [0.05, 0.1) is 19.3 Å². The third-order valence-corrected chi connectivity index (χ3v) is 3.49. The molecule has 0 aliphatic rings. The van der Waals surface area contributed by atoms with Gasteiger partial charge in [0, 0.05) is 5.88 Å². The number of alkyl halides is 1. The second-order valence-corrected chi connectivity index (χ2v) is 9.78. The molecule has 1 aromatic rings. The van der Waals surface area contributed by atoms with Crippen LogP contribution >= 0.6 is 11.6 Å². The van der Waals surface area contributed by atoms with E-state index in [0.717, 1.165) is 0 Å². The average Bonchev–Trinajstić information content (AvgIpc) is 2.27. The van der Waals surface area contributed by atoms with Crippen LogP contribution in [-0.2, 0) is 15.8 Å². The smallest absolute Gasteiger partial charge is 0.184 e. The van der Waals surface area contributed by atoms with Crippen molar-refractivity contribution >= 4 is 19.9 Å². The van der Waals surface area contributed by atoms with Crippen LogP contribution in [0.4, 0.5) is 0 Å². The van der Waals surface area contributed by atoms with Gasteiger partial charge in [0.1, 0.15) is 0 Å². The average molecular weight is 273 g/mol. The molecule has 1 aromatic carbocycles. The molecule has 0 radical (unpaired) electrons. The highest BCUT2D eigenvalue weighted by molar-refractivity contribution is 6.69. The molecule has 0 aromatic heterocycles. The first kappa shape index (κ1) is 14.7. The van der Waals surface area contributed by atoms with Gasteiger partial charge in [-0.2, -0.15) is 0 Å². The lowest BCUT2D eigenvalue weighted by molar-refractivity contribution is 0.0475. The van der Waals surface area contributed by atoms with E-state index < -0.39 is 8.32 Å². The van der Waals surface area contributed by atoms with Crippen LogP contribution in [0.1, 0.15) is 5.56 Å². The van der Waals surface area contributed by atoms with E-state index in [1.807, 2.05) is 18.2 Å². The number of ether oxygens (including phenoxy) is 1. The summed E-state index contributed by atoms with van der Waals surface area (Å²) in [5.41, 5.74) is 1.17. The Balaban J connectivity index is 2.29. The number of hydrogen-bond donors (Lipinski definition) is 0. The Hall–Kier alpha value is -0.353. The van der Waals surface area contributed by atoms with Gasteiger partial charge < -0.3 is 9.16 Å². The van der Waals surface area contributed by atoms with Crippen LogP contribution in [-0.4, -0.2) is 26.9 Å². The Labute approximate surface area is 110 Å². The number of hydrogen-bond acceptors (Lipinski definition) is 2. The van der Waals surface area contributed by atoms with Crippen molar-refractivity contribution in [2.24, 2.45) is 0 Å². The van der Waals surface area contributed by atoms with E-state index in [-0.39, 0.29) is 6.10 Å². The molecule has 4 heteroatoms. The highest BCUT2D eigenvalue weighted by atomic mass is 35.5. The summed E-state index contributed by atoms with van der Waals surface area (Å²) in [6.45, 7) is 7.64. The molecule has 0 amide bonds. The largest absolute Gasteiger partial charge is 0.411 e. The molecule has 2 nitrogen and oxygen atoms in total. The van der Waals surface area contributed by atoms with Crippen molar-refractivity contribution in [1.82, 2.24) is 0 Å². The minimum absolute atomic E-state index is 0.00652. The van der Waals surface area contributed by atoms with Crippen LogP contribution < -0.4 is 0 Å². The van der Waals surface area contributed by atoms with Gasteiger partial charge in [-0.15, -0.1) is 11.6 Å². The number of benzene rings is 1. The Morgan fingerprint density at radius 2 is 1.82 bits per heavy atom. The van der Waals surface area contributed by atoms with E-state index in [4.69, 9.17) is 20.8 Å². The Kier molecular flexibility index (Phi) is 6.20. The molecule has 0 aliphatic heterocycles. The lowest BCUT2D eigenvalue weighted by atomic mass is 10.2. The third kappa shape index (κ3) is 6.84. The van der Waals surface area contributed by atoms with E-state index in [1.54, 1.807) is 0 Å². The molecule has 0 fully saturated rings. The standard InChI is InChI=1S/C13H21ClO2Si/c1-17(2,3)16-13(9-14)11-15-10-12-7-5-4-6-8-12/h4-8,13H,9-11H2,1-3H3/t13-/m0/s1. The second kappa shape index (κ2) is 7.16. The monoisotopic (exact) mass is 272 g/mol. The van der Waals surface area contributed by atoms with Gasteiger partial charge in [0.15, 0.2) is 8.32 Å². The molecule has 1 rings (SSSR count). The molecule has 0 saturated heterocycles. The normalized spacial score (nSPS) is 13.6. The molecular formula is C13H21ClO2Si. The van der Waals surface area contributed by atoms with E-state index in [9.17, 15) is 0 Å². The highest BCUT2D eigenvalue weighted by Gasteiger charge is 2.20. The summed E-state index contributed by atoms with van der Waals surface area (Å²) in [4.78, 5) is 0. The molecule has 0 N–H and O–H groups in total. The van der Waals surface area contributed by atoms with Crippen molar-refractivity contribution in [3.05, 3.63) is 35.9 Å². The number of halogens is 1. The predicted molar refractivity (Wildman–Crippen MR) is 75.0 cm³/mol. The zero-order valence-electron chi connectivity index (χ0n) is 10.8. The lowest BCUT2D eigenvalue weighted by Crippen LogP contribution is -2.35. The maximum Gasteiger partial charge on any atom is 0.184 e. The first-order valence-corrected chi connectivity index (χ1v) is 9.81. The van der Waals surface area contributed by atoms with Crippen LogP contribution in [0, 0.1) is 0 Å². The van der Waals surface area contributed by atoms with Gasteiger partial charge in [-0.1, -0.05) is 30.3 Å². The Morgan fingerprint density at radius 3 is 2.35 bits per heavy atom. The van der Waals surface area contributed by atoms with Gasteiger partial charge in [0.2, 0.25) is 0 Å². The van der Waals surface area contributed by atoms with Crippen molar-refractivity contribution in [2.75, 3.05) is 12.5 Å². The molecule has 0 unspecified atom stereocenters. The number of rotatable bonds is 7. The minimum Gasteiger partial charge on any atom is -0.411 e. The van der Waals surface area contributed by atoms with E-state index in [2.05, 4.69) is 31.8 Å². The van der Waals surface area contributed by atoms with E-state index >= 15 is 0 Å². The maximum atomic E-state index is 5.91. The molecule has 0 saturated carbocycles. The summed E-state index contributed by atoms with van der Waals surface area (Å²) >= 11 is 5.87. The lowest BCUT2D eigenvalue weighted by Gasteiger charge is -2.24. The van der Waals surface area contributed by atoms with Gasteiger partial charge >= 0.3 is 0 Å². The first-order chi connectivity index (χ1) is 8.01. The molecular weight excluding hydrogens is 252 g/mol. The van der Waals surface area contributed by atoms with Crippen molar-refractivity contribution in [3.63, 3.8) is 0 Å². The third-order valence-electron chi connectivity index (χ3n) is 2.11. The molecule has 0 spiro atoms. The molecule has 96 valence electrons. The zero-order valence-corrected chi connectivity index (χ0v) is 12.5. The van der Waals surface area contributed by atoms with Crippen LogP contribution in [0.15, 0.2) is 30.3 Å². The summed E-state index contributed by atoms with van der Waals surface area (Å²) in [5, 5.41) is 0. The molecule has 0 bridgehead atoms. The van der Waals surface area contributed by atoms with Crippen LogP contribution in [0.25, 0.3) is 0 Å². The summed E-state index contributed by atoms with van der Waals surface area (Å²) in [6.07, 6.45) is 0.00652. The maximum absolute atomic E-state index is 5.91. The zero-order chi connectivity index (χ0) is 12.7. The SMILES string of the molecule is C[Si](C)(C)O[C@@H](CCl)COCc1ccccc1. The molecule has 0 heterocycles. The van der Waals surface area contributed by atoms with Crippen molar-refractivity contribution in [1.29, 1.82) is 0 Å². The highest BCUT2D eigenvalue weighted by Crippen LogP contribution is 2.10. The van der Waals surface area contributed by atoms with Gasteiger partial charge in [-0.3, -0.25) is 0 Å². The summed E-state index contributed by atoms with van der Waals surface area (Å²) in [7, 11) is -1.53.